The van der Waals surface area contributed by atoms with E-state index in [4.69, 9.17) is 4.74 Å². The van der Waals surface area contributed by atoms with E-state index >= 15 is 4.39 Å². The molecule has 0 unspecified atom stereocenters. The molecule has 1 aliphatic rings. The van der Waals surface area contributed by atoms with Crippen LogP contribution < -0.4 is 20.5 Å². The van der Waals surface area contributed by atoms with Crippen LogP contribution in [0.5, 0.6) is 0 Å². The summed E-state index contributed by atoms with van der Waals surface area (Å²) < 4.78 is 71.6. The van der Waals surface area contributed by atoms with E-state index in [-0.39, 0.29) is 42.4 Å². The van der Waals surface area contributed by atoms with E-state index in [2.05, 4.69) is 10.4 Å². The maximum atomic E-state index is 15.1. The Kier molecular flexibility index (Phi) is 9.29. The van der Waals surface area contributed by atoms with Gasteiger partial charge in [0.1, 0.15) is 16.8 Å². The fraction of sp³-hybridized carbons (Fsp3) is 0.409. The summed E-state index contributed by atoms with van der Waals surface area (Å²) in [5, 5.41) is 1.98. The van der Waals surface area contributed by atoms with E-state index < -0.39 is 40.4 Å². The fourth-order valence-electron chi connectivity index (χ4n) is 3.69. The Morgan fingerprint density at radius 3 is 2.65 bits per heavy atom. The molecule has 0 radical (unpaired) electrons. The molecule has 2 N–H and O–H groups in total. The number of nitrogens with zero attached hydrogens (tertiary/aromatic N) is 4. The largest absolute Gasteiger partial charge is 0.442 e. The van der Waals surface area contributed by atoms with Gasteiger partial charge in [0, 0.05) is 32.0 Å². The summed E-state index contributed by atoms with van der Waals surface area (Å²) in [5.41, 5.74) is 3.01. The summed E-state index contributed by atoms with van der Waals surface area (Å²) in [6, 6.07) is 7.00. The minimum Gasteiger partial charge on any atom is -0.442 e. The second-order valence-corrected chi connectivity index (χ2v) is 9.73. The number of aromatic nitrogens is 1. The number of cyclic esters (lactones) is 1. The van der Waals surface area contributed by atoms with Gasteiger partial charge in [-0.25, -0.2) is 23.0 Å². The van der Waals surface area contributed by atoms with Gasteiger partial charge in [-0.15, -0.1) is 4.41 Å². The number of hydrazine groups is 1. The summed E-state index contributed by atoms with van der Waals surface area (Å²) in [5.74, 6) is -2.14. The number of alkyl halides is 2. The average Bonchev–Trinajstić information content (AvgIpc) is 3.26. The van der Waals surface area contributed by atoms with E-state index in [0.717, 1.165) is 15.4 Å². The zero-order valence-corrected chi connectivity index (χ0v) is 20.9. The maximum Gasteiger partial charge on any atom is 0.414 e. The highest BCUT2D eigenvalue weighted by Gasteiger charge is 2.33. The summed E-state index contributed by atoms with van der Waals surface area (Å²) in [6.45, 7) is 1.90. The first kappa shape index (κ1) is 28.1. The van der Waals surface area contributed by atoms with Crippen molar-refractivity contribution >= 4 is 33.4 Å². The lowest BCUT2D eigenvalue weighted by atomic mass is 10.2. The Bertz CT molecular complexity index is 1200. The monoisotopic (exact) mass is 544 g/mol. The molecular weight excluding hydrogens is 517 g/mol. The number of benzene rings is 1. The SMILES string of the molecule is CCN(CCN(NC)S(=O)(=O)c1cccnc1)c1ccc(N2C[C@H](CNC(=O)C(F)F)OC2=O)cc1F. The number of hydrogen-bond acceptors (Lipinski definition) is 8. The van der Waals surface area contributed by atoms with E-state index in [0.29, 0.717) is 6.54 Å². The van der Waals surface area contributed by atoms with Gasteiger partial charge >= 0.3 is 12.5 Å². The Labute approximate surface area is 212 Å². The lowest BCUT2D eigenvalue weighted by Gasteiger charge is -2.28. The highest BCUT2D eigenvalue weighted by atomic mass is 32.2. The number of carbonyl (C=O) groups is 2. The number of likely N-dealkylation sites (N-methyl/N-ethyl adjacent to an activating group) is 1. The molecule has 1 aromatic heterocycles. The van der Waals surface area contributed by atoms with Crippen molar-refractivity contribution in [3.05, 3.63) is 48.5 Å². The summed E-state index contributed by atoms with van der Waals surface area (Å²) in [4.78, 5) is 29.8. The van der Waals surface area contributed by atoms with Crippen molar-refractivity contribution in [2.45, 2.75) is 24.3 Å². The third-order valence-electron chi connectivity index (χ3n) is 5.59. The van der Waals surface area contributed by atoms with Gasteiger partial charge in [-0.3, -0.25) is 14.7 Å². The summed E-state index contributed by atoms with van der Waals surface area (Å²) in [6.07, 6.45) is -2.18. The summed E-state index contributed by atoms with van der Waals surface area (Å²) in [7, 11) is -2.42. The molecule has 2 amide bonds. The number of rotatable bonds is 12. The van der Waals surface area contributed by atoms with Crippen molar-refractivity contribution in [2.24, 2.45) is 0 Å². The highest BCUT2D eigenvalue weighted by Crippen LogP contribution is 2.28. The van der Waals surface area contributed by atoms with E-state index in [9.17, 15) is 26.8 Å². The minimum absolute atomic E-state index is 0.00672. The molecule has 1 aliphatic heterocycles. The topological polar surface area (TPSA) is 124 Å². The Morgan fingerprint density at radius 2 is 2.05 bits per heavy atom. The van der Waals surface area contributed by atoms with Gasteiger partial charge in [0.2, 0.25) is 0 Å². The predicted octanol–water partition coefficient (Wildman–Crippen LogP) is 1.58. The fourth-order valence-corrected chi connectivity index (χ4v) is 4.95. The molecule has 1 aromatic carbocycles. The molecular formula is C22H27F3N6O5S. The molecule has 3 rings (SSSR count). The molecule has 1 fully saturated rings. The van der Waals surface area contributed by atoms with Crippen LogP contribution in [0.25, 0.3) is 0 Å². The lowest BCUT2D eigenvalue weighted by molar-refractivity contribution is -0.132. The molecule has 1 saturated heterocycles. The zero-order valence-electron chi connectivity index (χ0n) is 20.1. The highest BCUT2D eigenvalue weighted by molar-refractivity contribution is 7.89. The number of ether oxygens (including phenoxy) is 1. The second-order valence-electron chi connectivity index (χ2n) is 7.87. The van der Waals surface area contributed by atoms with Crippen LogP contribution in [0.1, 0.15) is 6.92 Å². The summed E-state index contributed by atoms with van der Waals surface area (Å²) >= 11 is 0. The van der Waals surface area contributed by atoms with Gasteiger partial charge in [0.05, 0.1) is 24.5 Å². The molecule has 2 aromatic rings. The normalized spacial score (nSPS) is 15.8. The van der Waals surface area contributed by atoms with Crippen molar-refractivity contribution < 1.29 is 35.9 Å². The molecule has 0 spiro atoms. The van der Waals surface area contributed by atoms with Gasteiger partial charge < -0.3 is 15.0 Å². The van der Waals surface area contributed by atoms with Crippen LogP contribution in [0.4, 0.5) is 29.3 Å². The minimum atomic E-state index is -3.88. The number of anilines is 2. The second kappa shape index (κ2) is 12.2. The third kappa shape index (κ3) is 6.67. The molecule has 15 heteroatoms. The Balaban J connectivity index is 1.67. The number of halogens is 3. The molecule has 37 heavy (non-hydrogen) atoms. The Hall–Kier alpha value is -3.43. The van der Waals surface area contributed by atoms with Crippen molar-refractivity contribution in [1.29, 1.82) is 0 Å². The molecule has 2 heterocycles. The van der Waals surface area contributed by atoms with E-state index in [1.54, 1.807) is 11.8 Å². The number of nitrogens with one attached hydrogen (secondary N) is 2. The van der Waals surface area contributed by atoms with Crippen LogP contribution in [0.3, 0.4) is 0 Å². The van der Waals surface area contributed by atoms with Gasteiger partial charge in [-0.2, -0.15) is 8.78 Å². The van der Waals surface area contributed by atoms with Crippen molar-refractivity contribution in [2.75, 3.05) is 49.6 Å². The molecule has 0 aliphatic carbocycles. The quantitative estimate of drug-likeness (QED) is 0.386. The number of sulfonamides is 1. The van der Waals surface area contributed by atoms with Gasteiger partial charge in [-0.05, 0) is 44.3 Å². The van der Waals surface area contributed by atoms with E-state index in [1.165, 1.54) is 43.7 Å². The van der Waals surface area contributed by atoms with Gasteiger partial charge in [0.25, 0.3) is 15.9 Å². The van der Waals surface area contributed by atoms with Gasteiger partial charge in [-0.1, -0.05) is 0 Å². The first-order valence-electron chi connectivity index (χ1n) is 11.3. The van der Waals surface area contributed by atoms with Crippen LogP contribution in [0, 0.1) is 5.82 Å². The number of carbonyl (C=O) groups excluding carboxylic acids is 2. The number of pyridine rings is 1. The standard InChI is InChI=1S/C22H27F3N6O5S/c1-3-29(9-10-31(26-2)37(34,35)17-5-4-8-27-13-17)19-7-6-15(11-18(19)23)30-14-16(36-22(30)33)12-28-21(32)20(24)25/h4-8,11,13,16,20,26H,3,9-10,12,14H2,1-2H3,(H,28,32)/t16-/m0/s1. The predicted molar refractivity (Wildman–Crippen MR) is 128 cm³/mol. The van der Waals surface area contributed by atoms with Crippen molar-refractivity contribution in [3.63, 3.8) is 0 Å². The molecule has 11 nitrogen and oxygen atoms in total. The molecule has 0 saturated carbocycles. The molecule has 1 atom stereocenters. The average molecular weight is 545 g/mol. The molecule has 0 bridgehead atoms. The van der Waals surface area contributed by atoms with Crippen LogP contribution in [-0.4, -0.2) is 82.1 Å². The third-order valence-corrected chi connectivity index (χ3v) is 7.37. The van der Waals surface area contributed by atoms with Gasteiger partial charge in [0.15, 0.2) is 0 Å². The zero-order chi connectivity index (χ0) is 27.2. The van der Waals surface area contributed by atoms with Crippen LogP contribution in [0.2, 0.25) is 0 Å². The maximum absolute atomic E-state index is 15.1. The van der Waals surface area contributed by atoms with Crippen molar-refractivity contribution in [3.8, 4) is 0 Å². The first-order chi connectivity index (χ1) is 17.6. The van der Waals surface area contributed by atoms with Crippen molar-refractivity contribution in [1.82, 2.24) is 20.1 Å². The number of amides is 2. The van der Waals surface area contributed by atoms with Crippen LogP contribution >= 0.6 is 0 Å². The van der Waals surface area contributed by atoms with E-state index in [1.807, 2.05) is 5.32 Å². The molecule has 202 valence electrons. The first-order valence-corrected chi connectivity index (χ1v) is 12.7. The lowest BCUT2D eigenvalue weighted by Crippen LogP contribution is -2.45. The van der Waals surface area contributed by atoms with Crippen LogP contribution in [0.15, 0.2) is 47.6 Å². The smallest absolute Gasteiger partial charge is 0.414 e. The van der Waals surface area contributed by atoms with Crippen LogP contribution in [-0.2, 0) is 19.6 Å². The Morgan fingerprint density at radius 1 is 1.30 bits per heavy atom. The number of hydrogen-bond donors (Lipinski definition) is 2.